The van der Waals surface area contributed by atoms with E-state index < -0.39 is 5.91 Å². The molecule has 5 nitrogen and oxygen atoms in total. The van der Waals surface area contributed by atoms with Crippen molar-refractivity contribution in [1.29, 1.82) is 0 Å². The van der Waals surface area contributed by atoms with Crippen LogP contribution in [0.15, 0.2) is 53.2 Å². The Morgan fingerprint density at radius 3 is 2.54 bits per heavy atom. The zero-order chi connectivity index (χ0) is 18.3. The second-order valence-electron chi connectivity index (χ2n) is 5.55. The Kier molecular flexibility index (Phi) is 4.18. The van der Waals surface area contributed by atoms with Crippen LogP contribution in [0.5, 0.6) is 5.75 Å². The quantitative estimate of drug-likeness (QED) is 0.501. The van der Waals surface area contributed by atoms with Crippen LogP contribution in [-0.4, -0.2) is 18.0 Å². The van der Waals surface area contributed by atoms with Gasteiger partial charge < -0.3 is 14.5 Å². The smallest absolute Gasteiger partial charge is 0.259 e. The number of carbonyl (C=O) groups excluding carboxylic acids is 1. The van der Waals surface area contributed by atoms with Gasteiger partial charge in [0, 0.05) is 23.2 Å². The number of anilines is 1. The summed E-state index contributed by atoms with van der Waals surface area (Å²) in [5.74, 6) is -0.0725. The molecule has 0 bridgehead atoms. The van der Waals surface area contributed by atoms with Gasteiger partial charge in [-0.05, 0) is 18.2 Å². The van der Waals surface area contributed by atoms with Crippen LogP contribution in [0.4, 0.5) is 5.69 Å². The molecule has 26 heavy (non-hydrogen) atoms. The summed E-state index contributed by atoms with van der Waals surface area (Å²) in [5, 5.41) is 5.01. The van der Waals surface area contributed by atoms with Gasteiger partial charge in [0.2, 0.25) is 0 Å². The van der Waals surface area contributed by atoms with Gasteiger partial charge in [-0.2, -0.15) is 0 Å². The van der Waals surface area contributed by atoms with Crippen LogP contribution in [0.2, 0.25) is 10.0 Å². The van der Waals surface area contributed by atoms with Crippen LogP contribution in [-0.2, 0) is 0 Å². The Labute approximate surface area is 158 Å². The zero-order valence-electron chi connectivity index (χ0n) is 13.5. The molecule has 0 unspecified atom stereocenters. The summed E-state index contributed by atoms with van der Waals surface area (Å²) in [6.45, 7) is 0. The number of nitrogens with one attached hydrogen (secondary N) is 1. The highest BCUT2D eigenvalue weighted by molar-refractivity contribution is 6.39. The van der Waals surface area contributed by atoms with Crippen molar-refractivity contribution in [3.8, 4) is 5.75 Å². The molecule has 0 atom stereocenters. The number of ether oxygens (including phenoxy) is 1. The van der Waals surface area contributed by atoms with E-state index in [4.69, 9.17) is 32.4 Å². The van der Waals surface area contributed by atoms with Crippen LogP contribution < -0.4 is 10.1 Å². The Morgan fingerprint density at radius 2 is 1.81 bits per heavy atom. The fourth-order valence-corrected chi connectivity index (χ4v) is 3.32. The van der Waals surface area contributed by atoms with Crippen LogP contribution in [0.1, 0.15) is 10.4 Å². The van der Waals surface area contributed by atoms with Crippen molar-refractivity contribution in [2.45, 2.75) is 0 Å². The molecule has 1 amide bonds. The first-order valence-corrected chi connectivity index (χ1v) is 8.44. The average molecular weight is 387 g/mol. The number of aromatic nitrogens is 1. The number of pyridine rings is 1. The van der Waals surface area contributed by atoms with Crippen molar-refractivity contribution >= 4 is 56.7 Å². The lowest BCUT2D eigenvalue weighted by atomic mass is 10.1. The van der Waals surface area contributed by atoms with Crippen molar-refractivity contribution in [1.82, 2.24) is 4.98 Å². The van der Waals surface area contributed by atoms with Gasteiger partial charge in [-0.25, -0.2) is 0 Å². The first-order valence-electron chi connectivity index (χ1n) is 7.68. The van der Waals surface area contributed by atoms with Gasteiger partial charge in [-0.3, -0.25) is 9.78 Å². The lowest BCUT2D eigenvalue weighted by molar-refractivity contribution is 0.102. The first-order chi connectivity index (χ1) is 12.6. The molecule has 1 N–H and O–H groups in total. The lowest BCUT2D eigenvalue weighted by Gasteiger charge is -2.11. The van der Waals surface area contributed by atoms with Crippen LogP contribution in [0, 0.1) is 0 Å². The van der Waals surface area contributed by atoms with Crippen LogP contribution >= 0.6 is 23.2 Å². The van der Waals surface area contributed by atoms with Gasteiger partial charge in [-0.1, -0.05) is 41.4 Å². The SMILES string of the molecule is COc1c(C(=O)Nc2c(Cl)cncc2Cl)ccc2c1oc1ccccc12. The van der Waals surface area contributed by atoms with Crippen molar-refractivity contribution in [2.24, 2.45) is 0 Å². The Hall–Kier alpha value is -2.76. The summed E-state index contributed by atoms with van der Waals surface area (Å²) in [6, 6.07) is 11.1. The number of rotatable bonds is 3. The highest BCUT2D eigenvalue weighted by Crippen LogP contribution is 2.37. The second-order valence-corrected chi connectivity index (χ2v) is 6.37. The molecule has 0 aliphatic carbocycles. The largest absolute Gasteiger partial charge is 0.492 e. The topological polar surface area (TPSA) is 64.4 Å². The molecule has 2 aromatic carbocycles. The molecule has 4 aromatic rings. The van der Waals surface area contributed by atoms with E-state index in [9.17, 15) is 4.79 Å². The van der Waals surface area contributed by atoms with Gasteiger partial charge in [0.1, 0.15) is 5.58 Å². The lowest BCUT2D eigenvalue weighted by Crippen LogP contribution is -2.14. The summed E-state index contributed by atoms with van der Waals surface area (Å²) in [4.78, 5) is 16.7. The molecule has 0 aliphatic heterocycles. The third-order valence-corrected chi connectivity index (χ3v) is 4.62. The van der Waals surface area contributed by atoms with E-state index in [1.807, 2.05) is 30.3 Å². The van der Waals surface area contributed by atoms with E-state index in [0.29, 0.717) is 22.6 Å². The summed E-state index contributed by atoms with van der Waals surface area (Å²) in [7, 11) is 1.49. The first kappa shape index (κ1) is 16.7. The zero-order valence-corrected chi connectivity index (χ0v) is 15.1. The molecule has 0 saturated heterocycles. The molecule has 130 valence electrons. The third kappa shape index (κ3) is 2.66. The fraction of sp³-hybridized carbons (Fsp3) is 0.0526. The molecule has 7 heteroatoms. The van der Waals surface area contributed by atoms with Crippen LogP contribution in [0.3, 0.4) is 0 Å². The van der Waals surface area contributed by atoms with Crippen molar-refractivity contribution < 1.29 is 13.9 Å². The number of methoxy groups -OCH3 is 1. The standard InChI is InChI=1S/C19H12Cl2N2O3/c1-25-17-12(19(24)23-16-13(20)8-22-9-14(16)21)7-6-11-10-4-2-3-5-15(10)26-18(11)17/h2-9H,1H3,(H,22,23,24). The number of hydrogen-bond acceptors (Lipinski definition) is 4. The highest BCUT2D eigenvalue weighted by Gasteiger charge is 2.21. The number of carbonyl (C=O) groups is 1. The van der Waals surface area contributed by atoms with Gasteiger partial charge in [0.15, 0.2) is 11.3 Å². The molecular weight excluding hydrogens is 375 g/mol. The predicted octanol–water partition coefficient (Wildman–Crippen LogP) is 5.55. The molecule has 0 aliphatic rings. The maximum absolute atomic E-state index is 12.8. The number of amides is 1. The van der Waals surface area contributed by atoms with Crippen molar-refractivity contribution in [3.05, 3.63) is 64.4 Å². The number of para-hydroxylation sites is 1. The molecule has 2 aromatic heterocycles. The summed E-state index contributed by atoms with van der Waals surface area (Å²) >= 11 is 12.1. The van der Waals surface area contributed by atoms with Crippen molar-refractivity contribution in [3.63, 3.8) is 0 Å². The summed E-state index contributed by atoms with van der Waals surface area (Å²) < 4.78 is 11.4. The third-order valence-electron chi connectivity index (χ3n) is 4.04. The van der Waals surface area contributed by atoms with Gasteiger partial charge in [0.25, 0.3) is 5.91 Å². The molecule has 0 spiro atoms. The fourth-order valence-electron chi connectivity index (χ4n) is 2.86. The molecule has 0 saturated carbocycles. The van der Waals surface area contributed by atoms with Gasteiger partial charge in [-0.15, -0.1) is 0 Å². The Balaban J connectivity index is 1.83. The maximum Gasteiger partial charge on any atom is 0.259 e. The van der Waals surface area contributed by atoms with E-state index in [2.05, 4.69) is 10.3 Å². The number of benzene rings is 2. The minimum Gasteiger partial charge on any atom is -0.492 e. The summed E-state index contributed by atoms with van der Waals surface area (Å²) in [5.41, 5.74) is 1.83. The number of nitrogens with zero attached hydrogens (tertiary/aromatic N) is 1. The number of fused-ring (bicyclic) bond motifs is 3. The van der Waals surface area contributed by atoms with Gasteiger partial charge in [0.05, 0.1) is 28.4 Å². The molecule has 0 radical (unpaired) electrons. The predicted molar refractivity (Wildman–Crippen MR) is 102 cm³/mol. The minimum absolute atomic E-state index is 0.245. The monoisotopic (exact) mass is 386 g/mol. The van der Waals surface area contributed by atoms with E-state index in [-0.39, 0.29) is 10.0 Å². The van der Waals surface area contributed by atoms with Crippen molar-refractivity contribution in [2.75, 3.05) is 12.4 Å². The molecular formula is C19H12Cl2N2O3. The average Bonchev–Trinajstić information content (AvgIpc) is 3.02. The van der Waals surface area contributed by atoms with E-state index >= 15 is 0 Å². The molecule has 4 rings (SSSR count). The number of furan rings is 1. The molecule has 0 fully saturated rings. The highest BCUT2D eigenvalue weighted by atomic mass is 35.5. The number of hydrogen-bond donors (Lipinski definition) is 1. The Bertz CT molecular complexity index is 1130. The Morgan fingerprint density at radius 1 is 1.08 bits per heavy atom. The second kappa shape index (κ2) is 6.52. The summed E-state index contributed by atoms with van der Waals surface area (Å²) in [6.07, 6.45) is 2.81. The maximum atomic E-state index is 12.8. The minimum atomic E-state index is -0.417. The van der Waals surface area contributed by atoms with E-state index in [1.54, 1.807) is 6.07 Å². The van der Waals surface area contributed by atoms with Gasteiger partial charge >= 0.3 is 0 Å². The van der Waals surface area contributed by atoms with E-state index in [0.717, 1.165) is 16.4 Å². The normalized spacial score (nSPS) is 11.0. The number of halogens is 2. The molecule has 2 heterocycles. The van der Waals surface area contributed by atoms with E-state index in [1.165, 1.54) is 19.5 Å². The van der Waals surface area contributed by atoms with Crippen LogP contribution in [0.25, 0.3) is 21.9 Å².